The van der Waals surface area contributed by atoms with Crippen LogP contribution < -0.4 is 5.32 Å². The van der Waals surface area contributed by atoms with E-state index in [1.165, 1.54) is 0 Å². The Labute approximate surface area is 120 Å². The fourth-order valence-electron chi connectivity index (χ4n) is 1.61. The van der Waals surface area contributed by atoms with Crippen molar-refractivity contribution >= 4 is 27.3 Å². The van der Waals surface area contributed by atoms with Crippen molar-refractivity contribution in [2.24, 2.45) is 0 Å². The van der Waals surface area contributed by atoms with Gasteiger partial charge in [-0.05, 0) is 41.9 Å². The zero-order valence-electron chi connectivity index (χ0n) is 10.5. The average Bonchev–Trinajstić information content (AvgIpc) is 2.85. The minimum atomic E-state index is 0.301. The second kappa shape index (κ2) is 6.41. The Bertz CT molecular complexity index is 512. The summed E-state index contributed by atoms with van der Waals surface area (Å²) in [6.07, 6.45) is 4.76. The summed E-state index contributed by atoms with van der Waals surface area (Å²) in [6, 6.07) is 2.34. The lowest BCUT2D eigenvalue weighted by molar-refractivity contribution is 0.561. The predicted molar refractivity (Wildman–Crippen MR) is 79.8 cm³/mol. The van der Waals surface area contributed by atoms with Crippen molar-refractivity contribution < 1.29 is 0 Å². The van der Waals surface area contributed by atoms with E-state index in [0.29, 0.717) is 6.04 Å². The smallest absolute Gasteiger partial charge is 0.125 e. The van der Waals surface area contributed by atoms with Gasteiger partial charge in [-0.15, -0.1) is 11.3 Å². The molecule has 0 aliphatic carbocycles. The average molecular weight is 326 g/mol. The third-order valence-electron chi connectivity index (χ3n) is 2.62. The van der Waals surface area contributed by atoms with Gasteiger partial charge in [0, 0.05) is 33.9 Å². The molecule has 0 aliphatic heterocycles. The number of hydrogen-bond donors (Lipinski definition) is 1. The van der Waals surface area contributed by atoms with E-state index in [-0.39, 0.29) is 0 Å². The maximum Gasteiger partial charge on any atom is 0.125 e. The summed E-state index contributed by atoms with van der Waals surface area (Å²) in [4.78, 5) is 8.84. The fraction of sp³-hybridized carbons (Fsp3) is 0.385. The number of rotatable bonds is 5. The molecular weight excluding hydrogens is 310 g/mol. The van der Waals surface area contributed by atoms with Crippen LogP contribution in [0.15, 0.2) is 28.3 Å². The largest absolute Gasteiger partial charge is 0.309 e. The number of pyridine rings is 1. The molecule has 96 valence electrons. The molecule has 2 rings (SSSR count). The first kappa shape index (κ1) is 13.6. The summed E-state index contributed by atoms with van der Waals surface area (Å²) in [5.41, 5.74) is 2.16. The third-order valence-corrected chi connectivity index (χ3v) is 3.96. The lowest BCUT2D eigenvalue weighted by Gasteiger charge is -2.09. The molecule has 1 unspecified atom stereocenters. The highest BCUT2D eigenvalue weighted by molar-refractivity contribution is 9.10. The van der Waals surface area contributed by atoms with Crippen LogP contribution in [0.25, 0.3) is 10.6 Å². The maximum absolute atomic E-state index is 4.67. The molecule has 0 saturated carbocycles. The van der Waals surface area contributed by atoms with Gasteiger partial charge in [-0.25, -0.2) is 4.98 Å². The summed E-state index contributed by atoms with van der Waals surface area (Å²) in [7, 11) is 0. The van der Waals surface area contributed by atoms with E-state index in [4.69, 9.17) is 0 Å². The van der Waals surface area contributed by atoms with Crippen LogP contribution >= 0.6 is 27.3 Å². The molecule has 2 aromatic heterocycles. The minimum absolute atomic E-state index is 0.301. The van der Waals surface area contributed by atoms with Crippen molar-refractivity contribution in [1.82, 2.24) is 15.3 Å². The molecule has 0 bridgehead atoms. The van der Waals surface area contributed by atoms with Crippen LogP contribution in [-0.2, 0) is 0 Å². The quantitative estimate of drug-likeness (QED) is 0.901. The van der Waals surface area contributed by atoms with Crippen LogP contribution in [0, 0.1) is 0 Å². The summed E-state index contributed by atoms with van der Waals surface area (Å²) in [5.74, 6) is 0. The molecule has 2 aromatic rings. The van der Waals surface area contributed by atoms with Crippen LogP contribution in [0.2, 0.25) is 0 Å². The fourth-order valence-corrected chi connectivity index (χ4v) is 2.87. The van der Waals surface area contributed by atoms with Crippen LogP contribution in [0.4, 0.5) is 0 Å². The highest BCUT2D eigenvalue weighted by Gasteiger charge is 2.10. The van der Waals surface area contributed by atoms with Gasteiger partial charge < -0.3 is 5.32 Å². The molecular formula is C13H16BrN3S. The van der Waals surface area contributed by atoms with E-state index < -0.39 is 0 Å². The lowest BCUT2D eigenvalue weighted by atomic mass is 10.2. The Morgan fingerprint density at radius 2 is 2.28 bits per heavy atom. The first-order chi connectivity index (χ1) is 8.70. The van der Waals surface area contributed by atoms with Crippen molar-refractivity contribution in [3.05, 3.63) is 34.0 Å². The Kier molecular flexibility index (Phi) is 4.86. The molecule has 0 aromatic carbocycles. The van der Waals surface area contributed by atoms with Gasteiger partial charge in [-0.1, -0.05) is 6.92 Å². The molecule has 0 spiro atoms. The molecule has 3 nitrogen and oxygen atoms in total. The normalized spacial score (nSPS) is 12.6. The zero-order valence-corrected chi connectivity index (χ0v) is 12.9. The molecule has 1 atom stereocenters. The molecule has 18 heavy (non-hydrogen) atoms. The lowest BCUT2D eigenvalue weighted by Crippen LogP contribution is -2.19. The van der Waals surface area contributed by atoms with Crippen LogP contribution in [-0.4, -0.2) is 16.5 Å². The van der Waals surface area contributed by atoms with Gasteiger partial charge >= 0.3 is 0 Å². The van der Waals surface area contributed by atoms with E-state index in [2.05, 4.69) is 50.4 Å². The Balaban J connectivity index is 2.15. The number of nitrogens with one attached hydrogen (secondary N) is 1. The molecule has 0 aliphatic rings. The number of hydrogen-bond acceptors (Lipinski definition) is 4. The Morgan fingerprint density at radius 1 is 1.44 bits per heavy atom. The van der Waals surface area contributed by atoms with Crippen molar-refractivity contribution in [2.75, 3.05) is 6.54 Å². The van der Waals surface area contributed by atoms with Crippen molar-refractivity contribution in [2.45, 2.75) is 26.3 Å². The van der Waals surface area contributed by atoms with Crippen LogP contribution in [0.3, 0.4) is 0 Å². The third kappa shape index (κ3) is 3.37. The Hall–Kier alpha value is -0.780. The van der Waals surface area contributed by atoms with Gasteiger partial charge in [0.15, 0.2) is 0 Å². The van der Waals surface area contributed by atoms with Crippen LogP contribution in [0.1, 0.15) is 32.0 Å². The van der Waals surface area contributed by atoms with Crippen molar-refractivity contribution in [1.29, 1.82) is 0 Å². The maximum atomic E-state index is 4.67. The van der Waals surface area contributed by atoms with Crippen molar-refractivity contribution in [3.63, 3.8) is 0 Å². The van der Waals surface area contributed by atoms with E-state index in [0.717, 1.165) is 33.7 Å². The molecule has 0 amide bonds. The van der Waals surface area contributed by atoms with E-state index in [1.54, 1.807) is 17.5 Å². The second-order valence-corrected chi connectivity index (χ2v) is 5.92. The number of nitrogens with zero attached hydrogens (tertiary/aromatic N) is 2. The summed E-state index contributed by atoms with van der Waals surface area (Å²) in [5, 5.41) is 6.58. The van der Waals surface area contributed by atoms with E-state index >= 15 is 0 Å². The molecule has 0 saturated heterocycles. The van der Waals surface area contributed by atoms with Gasteiger partial charge in [0.25, 0.3) is 0 Å². The van der Waals surface area contributed by atoms with Gasteiger partial charge in [-0.3, -0.25) is 4.98 Å². The SMILES string of the molecule is CCCNC(C)c1csc(-c2cncc(Br)c2)n1. The zero-order chi connectivity index (χ0) is 13.0. The van der Waals surface area contributed by atoms with Crippen LogP contribution in [0.5, 0.6) is 0 Å². The Morgan fingerprint density at radius 3 is 3.00 bits per heavy atom. The first-order valence-corrected chi connectivity index (χ1v) is 7.67. The van der Waals surface area contributed by atoms with Gasteiger partial charge in [0.2, 0.25) is 0 Å². The topological polar surface area (TPSA) is 37.8 Å². The van der Waals surface area contributed by atoms with Crippen molar-refractivity contribution in [3.8, 4) is 10.6 Å². The molecule has 0 radical (unpaired) electrons. The standard InChI is InChI=1S/C13H16BrN3S/c1-3-4-16-9(2)12-8-18-13(17-12)10-5-11(14)7-15-6-10/h5-9,16H,3-4H2,1-2H3. The highest BCUT2D eigenvalue weighted by Crippen LogP contribution is 2.27. The summed E-state index contributed by atoms with van der Waals surface area (Å²) < 4.78 is 0.980. The number of thiazole rings is 1. The molecule has 1 N–H and O–H groups in total. The van der Waals surface area contributed by atoms with Gasteiger partial charge in [0.05, 0.1) is 5.69 Å². The van der Waals surface area contributed by atoms with Gasteiger partial charge in [-0.2, -0.15) is 0 Å². The predicted octanol–water partition coefficient (Wildman–Crippen LogP) is 4.03. The molecule has 2 heterocycles. The minimum Gasteiger partial charge on any atom is -0.309 e. The van der Waals surface area contributed by atoms with Gasteiger partial charge in [0.1, 0.15) is 5.01 Å². The van der Waals surface area contributed by atoms with E-state index in [1.807, 2.05) is 12.3 Å². The highest BCUT2D eigenvalue weighted by atomic mass is 79.9. The summed E-state index contributed by atoms with van der Waals surface area (Å²) >= 11 is 5.09. The number of halogens is 1. The monoisotopic (exact) mass is 325 g/mol. The molecule has 5 heteroatoms. The summed E-state index contributed by atoms with van der Waals surface area (Å²) in [6.45, 7) is 5.33. The first-order valence-electron chi connectivity index (χ1n) is 6.00. The number of aromatic nitrogens is 2. The van der Waals surface area contributed by atoms with E-state index in [9.17, 15) is 0 Å². The molecule has 0 fully saturated rings. The second-order valence-electron chi connectivity index (χ2n) is 4.15.